The van der Waals surface area contributed by atoms with E-state index in [-0.39, 0.29) is 12.1 Å². The van der Waals surface area contributed by atoms with Gasteiger partial charge in [0.1, 0.15) is 11.5 Å². The van der Waals surface area contributed by atoms with Gasteiger partial charge in [-0.15, -0.1) is 0 Å². The fraction of sp³-hybridized carbons (Fsp3) is 0.423. The van der Waals surface area contributed by atoms with Crippen molar-refractivity contribution in [2.24, 2.45) is 0 Å². The standard InChI is InChI=1S/C26H32N4O2/c1-5-17-13-14-27-23(15-17)32-26-21(7-3)28-25(20(6-2)29-26)30-24-19-12-10-9-11-18(19)16-22(24)31-8-4/h9-15,22,24H,5-8,16H2,1-4H3,(H,28,30)/t22-,24+/m0/s1. The summed E-state index contributed by atoms with van der Waals surface area (Å²) in [5.74, 6) is 1.89. The molecule has 0 spiro atoms. The lowest BCUT2D eigenvalue weighted by molar-refractivity contribution is 0.0573. The minimum atomic E-state index is 0.0464. The van der Waals surface area contributed by atoms with Gasteiger partial charge in [-0.1, -0.05) is 45.0 Å². The molecule has 1 N–H and O–H groups in total. The highest BCUT2D eigenvalue weighted by atomic mass is 16.5. The summed E-state index contributed by atoms with van der Waals surface area (Å²) in [4.78, 5) is 14.2. The molecule has 2 aromatic heterocycles. The summed E-state index contributed by atoms with van der Waals surface area (Å²) >= 11 is 0. The van der Waals surface area contributed by atoms with Crippen LogP contribution in [0.15, 0.2) is 42.6 Å². The molecule has 4 rings (SSSR count). The Balaban J connectivity index is 1.65. The molecule has 0 fully saturated rings. The van der Waals surface area contributed by atoms with Crippen molar-refractivity contribution in [1.82, 2.24) is 15.0 Å². The topological polar surface area (TPSA) is 69.2 Å². The molecule has 1 aliphatic carbocycles. The molecular formula is C26H32N4O2. The Morgan fingerprint density at radius 3 is 2.53 bits per heavy atom. The van der Waals surface area contributed by atoms with E-state index in [0.717, 1.165) is 36.5 Å². The first kappa shape index (κ1) is 22.2. The number of hydrogen-bond acceptors (Lipinski definition) is 6. The van der Waals surface area contributed by atoms with E-state index in [0.29, 0.717) is 24.8 Å². The largest absolute Gasteiger partial charge is 0.419 e. The number of benzene rings is 1. The molecule has 2 atom stereocenters. The van der Waals surface area contributed by atoms with Gasteiger partial charge in [-0.3, -0.25) is 0 Å². The summed E-state index contributed by atoms with van der Waals surface area (Å²) in [6, 6.07) is 12.5. The summed E-state index contributed by atoms with van der Waals surface area (Å²) in [6.07, 6.45) is 5.13. The molecule has 0 bridgehead atoms. The number of hydrogen-bond donors (Lipinski definition) is 1. The molecule has 0 saturated heterocycles. The number of nitrogens with zero attached hydrogens (tertiary/aromatic N) is 3. The van der Waals surface area contributed by atoms with Gasteiger partial charge < -0.3 is 14.8 Å². The van der Waals surface area contributed by atoms with Gasteiger partial charge in [0, 0.05) is 25.3 Å². The highest BCUT2D eigenvalue weighted by Gasteiger charge is 2.33. The maximum Gasteiger partial charge on any atom is 0.243 e. The van der Waals surface area contributed by atoms with E-state index < -0.39 is 0 Å². The van der Waals surface area contributed by atoms with E-state index in [1.54, 1.807) is 6.20 Å². The molecule has 0 aliphatic heterocycles. The van der Waals surface area contributed by atoms with Gasteiger partial charge in [0.15, 0.2) is 0 Å². The minimum absolute atomic E-state index is 0.0464. The normalized spacial score (nSPS) is 17.2. The van der Waals surface area contributed by atoms with Crippen molar-refractivity contribution in [1.29, 1.82) is 0 Å². The van der Waals surface area contributed by atoms with Crippen LogP contribution in [0.4, 0.5) is 5.82 Å². The van der Waals surface area contributed by atoms with Gasteiger partial charge in [-0.25, -0.2) is 15.0 Å². The number of pyridine rings is 1. The fourth-order valence-electron chi connectivity index (χ4n) is 4.23. The molecule has 3 aromatic rings. The molecule has 1 aromatic carbocycles. The monoisotopic (exact) mass is 432 g/mol. The van der Waals surface area contributed by atoms with Gasteiger partial charge in [-0.05, 0) is 48.9 Å². The van der Waals surface area contributed by atoms with Crippen LogP contribution in [0.5, 0.6) is 11.8 Å². The zero-order valence-electron chi connectivity index (χ0n) is 19.4. The highest BCUT2D eigenvalue weighted by molar-refractivity contribution is 5.50. The number of fused-ring (bicyclic) bond motifs is 1. The van der Waals surface area contributed by atoms with E-state index in [4.69, 9.17) is 19.4 Å². The lowest BCUT2D eigenvalue weighted by Gasteiger charge is -2.24. The molecule has 6 nitrogen and oxygen atoms in total. The van der Waals surface area contributed by atoms with Crippen molar-refractivity contribution >= 4 is 5.82 Å². The molecule has 1 aliphatic rings. The smallest absolute Gasteiger partial charge is 0.243 e. The molecule has 6 heteroatoms. The summed E-state index contributed by atoms with van der Waals surface area (Å²) in [7, 11) is 0. The Bertz CT molecular complexity index is 1070. The number of nitrogens with one attached hydrogen (secondary N) is 1. The quantitative estimate of drug-likeness (QED) is 0.484. The Morgan fingerprint density at radius 1 is 0.969 bits per heavy atom. The second kappa shape index (κ2) is 10.1. The molecule has 0 radical (unpaired) electrons. The van der Waals surface area contributed by atoms with Crippen molar-refractivity contribution in [3.8, 4) is 11.8 Å². The lowest BCUT2D eigenvalue weighted by atomic mass is 10.1. The average molecular weight is 433 g/mol. The second-order valence-corrected chi connectivity index (χ2v) is 7.95. The number of rotatable bonds is 9. The SMILES string of the molecule is CCO[C@H]1Cc2ccccc2[C@H]1Nc1nc(CC)c(Oc2cc(CC)ccn2)nc1CC. The van der Waals surface area contributed by atoms with Crippen LogP contribution in [-0.2, 0) is 30.4 Å². The third-order valence-corrected chi connectivity index (χ3v) is 5.94. The zero-order valence-corrected chi connectivity index (χ0v) is 19.4. The first-order valence-corrected chi connectivity index (χ1v) is 11.6. The number of anilines is 1. The Morgan fingerprint density at radius 2 is 1.78 bits per heavy atom. The summed E-state index contributed by atoms with van der Waals surface area (Å²) in [6.45, 7) is 8.99. The van der Waals surface area contributed by atoms with Crippen molar-refractivity contribution in [2.75, 3.05) is 11.9 Å². The molecule has 32 heavy (non-hydrogen) atoms. The first-order chi connectivity index (χ1) is 15.7. The first-order valence-electron chi connectivity index (χ1n) is 11.6. The van der Waals surface area contributed by atoms with Crippen molar-refractivity contribution in [3.05, 3.63) is 70.7 Å². The molecule has 168 valence electrons. The summed E-state index contributed by atoms with van der Waals surface area (Å²) in [5.41, 5.74) is 5.47. The van der Waals surface area contributed by atoms with Gasteiger partial charge in [0.2, 0.25) is 11.8 Å². The van der Waals surface area contributed by atoms with Crippen LogP contribution in [-0.4, -0.2) is 27.7 Å². The predicted octanol–water partition coefficient (Wildman–Crippen LogP) is 5.47. The lowest BCUT2D eigenvalue weighted by Crippen LogP contribution is -2.26. The maximum absolute atomic E-state index is 6.09. The summed E-state index contributed by atoms with van der Waals surface area (Å²) in [5, 5.41) is 3.67. The molecule has 0 saturated carbocycles. The van der Waals surface area contributed by atoms with Crippen LogP contribution in [0.3, 0.4) is 0 Å². The fourth-order valence-corrected chi connectivity index (χ4v) is 4.23. The number of ether oxygens (including phenoxy) is 2. The van der Waals surface area contributed by atoms with Crippen molar-refractivity contribution in [2.45, 2.75) is 65.5 Å². The molecular weight excluding hydrogens is 400 g/mol. The van der Waals surface area contributed by atoms with E-state index in [9.17, 15) is 0 Å². The van der Waals surface area contributed by atoms with Gasteiger partial charge in [0.05, 0.1) is 17.8 Å². The van der Waals surface area contributed by atoms with E-state index in [1.807, 2.05) is 19.1 Å². The van der Waals surface area contributed by atoms with Crippen LogP contribution in [0.25, 0.3) is 0 Å². The van der Waals surface area contributed by atoms with E-state index in [2.05, 4.69) is 55.3 Å². The third-order valence-electron chi connectivity index (χ3n) is 5.94. The third kappa shape index (κ3) is 4.60. The van der Waals surface area contributed by atoms with Gasteiger partial charge in [0.25, 0.3) is 0 Å². The molecule has 0 unspecified atom stereocenters. The van der Waals surface area contributed by atoms with Gasteiger partial charge in [-0.2, -0.15) is 0 Å². The predicted molar refractivity (Wildman–Crippen MR) is 126 cm³/mol. The van der Waals surface area contributed by atoms with Crippen LogP contribution in [0, 0.1) is 0 Å². The highest BCUT2D eigenvalue weighted by Crippen LogP contribution is 2.37. The van der Waals surface area contributed by atoms with Crippen LogP contribution < -0.4 is 10.1 Å². The van der Waals surface area contributed by atoms with Crippen LogP contribution in [0.2, 0.25) is 0 Å². The molecule has 2 heterocycles. The maximum atomic E-state index is 6.09. The Hall–Kier alpha value is -2.99. The van der Waals surface area contributed by atoms with E-state index in [1.165, 1.54) is 16.7 Å². The number of aromatic nitrogens is 3. The average Bonchev–Trinajstić information content (AvgIpc) is 3.17. The minimum Gasteiger partial charge on any atom is -0.419 e. The van der Waals surface area contributed by atoms with Crippen LogP contribution in [0.1, 0.15) is 61.8 Å². The van der Waals surface area contributed by atoms with Crippen molar-refractivity contribution < 1.29 is 9.47 Å². The van der Waals surface area contributed by atoms with Gasteiger partial charge >= 0.3 is 0 Å². The van der Waals surface area contributed by atoms with Crippen molar-refractivity contribution in [3.63, 3.8) is 0 Å². The summed E-state index contributed by atoms with van der Waals surface area (Å²) < 4.78 is 12.2. The zero-order chi connectivity index (χ0) is 22.5. The Kier molecular flexibility index (Phi) is 7.00. The van der Waals surface area contributed by atoms with Crippen LogP contribution >= 0.6 is 0 Å². The Labute approximate surface area is 190 Å². The molecule has 0 amide bonds. The number of aryl methyl sites for hydroxylation is 3. The van der Waals surface area contributed by atoms with E-state index >= 15 is 0 Å². The second-order valence-electron chi connectivity index (χ2n) is 7.95.